The van der Waals surface area contributed by atoms with E-state index < -0.39 is 36.1 Å². The van der Waals surface area contributed by atoms with Gasteiger partial charge in [-0.1, -0.05) is 30.3 Å². The number of benzene rings is 1. The van der Waals surface area contributed by atoms with Crippen LogP contribution in [0.15, 0.2) is 30.3 Å². The smallest absolute Gasteiger partial charge is 0.407 e. The molecule has 0 spiro atoms. The molecule has 0 aromatic heterocycles. The molecule has 2 amide bonds. The summed E-state index contributed by atoms with van der Waals surface area (Å²) in [5.41, 5.74) is 0.380. The van der Waals surface area contributed by atoms with Gasteiger partial charge < -0.3 is 29.6 Å². The van der Waals surface area contributed by atoms with Gasteiger partial charge in [0.05, 0.1) is 0 Å². The molecule has 1 aliphatic heterocycles. The maximum atomic E-state index is 12.6. The molecule has 156 valence electrons. The Bertz CT molecular complexity index is 646. The number of nitrogens with one attached hydrogen (secondary N) is 2. The van der Waals surface area contributed by atoms with E-state index in [0.29, 0.717) is 6.54 Å². The summed E-state index contributed by atoms with van der Waals surface area (Å²) in [6.45, 7) is 5.87. The van der Waals surface area contributed by atoms with Gasteiger partial charge in [0.2, 0.25) is 0 Å². The van der Waals surface area contributed by atoms with E-state index in [0.717, 1.165) is 5.56 Å². The molecule has 0 saturated carbocycles. The standard InChI is InChI=1S/C20H30N2O6/c1-20(2,3)28-19(24)22-12-14-15(25-4)16(26-5)17(27-14)18(23)21-11-13-9-7-6-8-10-13/h6-10,14-17H,11-12H2,1-5H3,(H,21,23)(H,22,24)/t14-,15-,16+,17?/m1/s1. The summed E-state index contributed by atoms with van der Waals surface area (Å²) < 4.78 is 22.0. The summed E-state index contributed by atoms with van der Waals surface area (Å²) >= 11 is 0. The molecule has 1 unspecified atom stereocenters. The lowest BCUT2D eigenvalue weighted by molar-refractivity contribution is -0.136. The van der Waals surface area contributed by atoms with Crippen LogP contribution in [0.2, 0.25) is 0 Å². The molecule has 28 heavy (non-hydrogen) atoms. The van der Waals surface area contributed by atoms with Crippen molar-refractivity contribution in [2.24, 2.45) is 0 Å². The van der Waals surface area contributed by atoms with Crippen LogP contribution in [-0.2, 0) is 30.3 Å². The number of amides is 2. The molecular weight excluding hydrogens is 364 g/mol. The van der Waals surface area contributed by atoms with Crippen molar-refractivity contribution < 1.29 is 28.5 Å². The fourth-order valence-electron chi connectivity index (χ4n) is 3.03. The number of methoxy groups -OCH3 is 2. The number of hydrogen-bond acceptors (Lipinski definition) is 6. The van der Waals surface area contributed by atoms with Crippen molar-refractivity contribution in [1.29, 1.82) is 0 Å². The van der Waals surface area contributed by atoms with Crippen molar-refractivity contribution in [3.8, 4) is 0 Å². The molecule has 1 aromatic rings. The van der Waals surface area contributed by atoms with E-state index in [2.05, 4.69) is 10.6 Å². The Morgan fingerprint density at radius 2 is 1.68 bits per heavy atom. The van der Waals surface area contributed by atoms with Crippen LogP contribution in [0.5, 0.6) is 0 Å². The Hall–Kier alpha value is -2.16. The highest BCUT2D eigenvalue weighted by Crippen LogP contribution is 2.26. The number of carbonyl (C=O) groups excluding carboxylic acids is 2. The van der Waals surface area contributed by atoms with E-state index in [1.54, 1.807) is 20.8 Å². The summed E-state index contributed by atoms with van der Waals surface area (Å²) in [5, 5.41) is 5.51. The number of ether oxygens (including phenoxy) is 4. The molecule has 1 heterocycles. The largest absolute Gasteiger partial charge is 0.444 e. The van der Waals surface area contributed by atoms with Gasteiger partial charge in [-0.25, -0.2) is 4.79 Å². The van der Waals surface area contributed by atoms with Gasteiger partial charge in [0.1, 0.15) is 23.9 Å². The zero-order chi connectivity index (χ0) is 20.7. The molecule has 8 heteroatoms. The minimum atomic E-state index is -0.843. The lowest BCUT2D eigenvalue weighted by atomic mass is 10.1. The summed E-state index contributed by atoms with van der Waals surface area (Å²) in [5.74, 6) is -0.294. The highest BCUT2D eigenvalue weighted by atomic mass is 16.6. The molecule has 0 aliphatic carbocycles. The fourth-order valence-corrected chi connectivity index (χ4v) is 3.03. The number of hydrogen-bond donors (Lipinski definition) is 2. The first-order valence-electron chi connectivity index (χ1n) is 9.24. The Balaban J connectivity index is 1.95. The van der Waals surface area contributed by atoms with Crippen LogP contribution < -0.4 is 10.6 Å². The van der Waals surface area contributed by atoms with Crippen molar-refractivity contribution >= 4 is 12.0 Å². The zero-order valence-corrected chi connectivity index (χ0v) is 17.1. The molecule has 2 rings (SSSR count). The molecule has 0 bridgehead atoms. The van der Waals surface area contributed by atoms with Gasteiger partial charge in [-0.15, -0.1) is 0 Å². The number of carbonyl (C=O) groups is 2. The predicted octanol–water partition coefficient (Wildman–Crippen LogP) is 1.62. The maximum absolute atomic E-state index is 12.6. The van der Waals surface area contributed by atoms with Crippen molar-refractivity contribution in [3.05, 3.63) is 35.9 Å². The van der Waals surface area contributed by atoms with E-state index >= 15 is 0 Å². The number of rotatable bonds is 7. The van der Waals surface area contributed by atoms with E-state index in [4.69, 9.17) is 18.9 Å². The van der Waals surface area contributed by atoms with Gasteiger partial charge in [-0.05, 0) is 26.3 Å². The first-order chi connectivity index (χ1) is 13.2. The van der Waals surface area contributed by atoms with Crippen LogP contribution in [0.3, 0.4) is 0 Å². The molecular formula is C20H30N2O6. The van der Waals surface area contributed by atoms with Crippen LogP contribution in [-0.4, -0.2) is 62.8 Å². The summed E-state index contributed by atoms with van der Waals surface area (Å²) in [6, 6.07) is 9.58. The lowest BCUT2D eigenvalue weighted by Crippen LogP contribution is -2.45. The topological polar surface area (TPSA) is 95.1 Å². The second-order valence-corrected chi connectivity index (χ2v) is 7.58. The van der Waals surface area contributed by atoms with E-state index in [9.17, 15) is 9.59 Å². The highest BCUT2D eigenvalue weighted by Gasteiger charge is 2.48. The van der Waals surface area contributed by atoms with Gasteiger partial charge in [0, 0.05) is 27.3 Å². The van der Waals surface area contributed by atoms with Crippen molar-refractivity contribution in [3.63, 3.8) is 0 Å². The molecule has 8 nitrogen and oxygen atoms in total. The van der Waals surface area contributed by atoms with Gasteiger partial charge in [0.25, 0.3) is 5.91 Å². The second-order valence-electron chi connectivity index (χ2n) is 7.58. The monoisotopic (exact) mass is 394 g/mol. The zero-order valence-electron chi connectivity index (χ0n) is 17.1. The quantitative estimate of drug-likeness (QED) is 0.730. The fraction of sp³-hybridized carbons (Fsp3) is 0.600. The molecule has 1 saturated heterocycles. The second kappa shape index (κ2) is 9.86. The molecule has 1 fully saturated rings. The first-order valence-corrected chi connectivity index (χ1v) is 9.24. The average Bonchev–Trinajstić information content (AvgIpc) is 3.01. The summed E-state index contributed by atoms with van der Waals surface area (Å²) in [6.07, 6.45) is -3.05. The summed E-state index contributed by atoms with van der Waals surface area (Å²) in [7, 11) is 3.02. The SMILES string of the molecule is CO[C@H]1[C@H](OC)C(C(=O)NCc2ccccc2)O[C@@H]1CNC(=O)OC(C)(C)C. The minimum absolute atomic E-state index is 0.135. The van der Waals surface area contributed by atoms with Crippen molar-refractivity contribution in [1.82, 2.24) is 10.6 Å². The van der Waals surface area contributed by atoms with Crippen molar-refractivity contribution in [2.45, 2.75) is 57.3 Å². The van der Waals surface area contributed by atoms with E-state index in [1.165, 1.54) is 14.2 Å². The van der Waals surface area contributed by atoms with Crippen molar-refractivity contribution in [2.75, 3.05) is 20.8 Å². The minimum Gasteiger partial charge on any atom is -0.444 e. The van der Waals surface area contributed by atoms with Crippen LogP contribution in [0.1, 0.15) is 26.3 Å². The van der Waals surface area contributed by atoms with Crippen LogP contribution in [0, 0.1) is 0 Å². The lowest BCUT2D eigenvalue weighted by Gasteiger charge is -2.23. The molecule has 1 aromatic carbocycles. The Kier molecular flexibility index (Phi) is 7.79. The normalized spacial score (nSPS) is 24.6. The highest BCUT2D eigenvalue weighted by molar-refractivity contribution is 5.82. The summed E-state index contributed by atoms with van der Waals surface area (Å²) in [4.78, 5) is 24.5. The van der Waals surface area contributed by atoms with Crippen LogP contribution in [0.4, 0.5) is 4.79 Å². The van der Waals surface area contributed by atoms with Crippen LogP contribution >= 0.6 is 0 Å². The third-order valence-corrected chi connectivity index (χ3v) is 4.27. The molecule has 2 N–H and O–H groups in total. The third-order valence-electron chi connectivity index (χ3n) is 4.27. The Labute approximate surface area is 165 Å². The molecule has 4 atom stereocenters. The van der Waals surface area contributed by atoms with Crippen LogP contribution in [0.25, 0.3) is 0 Å². The Morgan fingerprint density at radius 1 is 1.04 bits per heavy atom. The number of alkyl carbamates (subject to hydrolysis) is 1. The van der Waals surface area contributed by atoms with E-state index in [-0.39, 0.29) is 12.5 Å². The maximum Gasteiger partial charge on any atom is 0.407 e. The van der Waals surface area contributed by atoms with Gasteiger partial charge in [0.15, 0.2) is 6.10 Å². The Morgan fingerprint density at radius 3 is 2.25 bits per heavy atom. The third kappa shape index (κ3) is 6.19. The van der Waals surface area contributed by atoms with E-state index in [1.807, 2.05) is 30.3 Å². The molecule has 1 aliphatic rings. The predicted molar refractivity (Wildman–Crippen MR) is 103 cm³/mol. The van der Waals surface area contributed by atoms with Gasteiger partial charge >= 0.3 is 6.09 Å². The molecule has 0 radical (unpaired) electrons. The first kappa shape index (κ1) is 22.1. The average molecular weight is 394 g/mol. The van der Waals surface area contributed by atoms with Gasteiger partial charge in [-0.3, -0.25) is 4.79 Å². The van der Waals surface area contributed by atoms with Gasteiger partial charge in [-0.2, -0.15) is 0 Å².